The van der Waals surface area contributed by atoms with Gasteiger partial charge in [-0.25, -0.2) is 9.18 Å². The molecule has 0 radical (unpaired) electrons. The van der Waals surface area contributed by atoms with Crippen LogP contribution in [0.4, 0.5) is 4.39 Å². The first kappa shape index (κ1) is 16.7. The number of rotatable bonds is 2. The number of benzene rings is 2. The van der Waals surface area contributed by atoms with Gasteiger partial charge in [-0.1, -0.05) is 30.3 Å². The van der Waals surface area contributed by atoms with Crippen molar-refractivity contribution < 1.29 is 23.5 Å². The van der Waals surface area contributed by atoms with Crippen LogP contribution in [0.15, 0.2) is 48.5 Å². The zero-order valence-corrected chi connectivity index (χ0v) is 14.1. The molecule has 1 amide bonds. The van der Waals surface area contributed by atoms with E-state index in [0.717, 1.165) is 11.1 Å². The van der Waals surface area contributed by atoms with Gasteiger partial charge >= 0.3 is 5.97 Å². The lowest BCUT2D eigenvalue weighted by Crippen LogP contribution is -2.49. The van der Waals surface area contributed by atoms with Gasteiger partial charge in [-0.3, -0.25) is 4.79 Å². The quantitative estimate of drug-likeness (QED) is 0.777. The summed E-state index contributed by atoms with van der Waals surface area (Å²) in [6.07, 6.45) is -0.761. The minimum atomic E-state index is -0.815. The van der Waals surface area contributed by atoms with E-state index in [1.165, 1.54) is 12.1 Å². The van der Waals surface area contributed by atoms with Crippen molar-refractivity contribution in [1.82, 2.24) is 4.90 Å². The normalized spacial score (nSPS) is 22.5. The van der Waals surface area contributed by atoms with Crippen molar-refractivity contribution in [2.75, 3.05) is 19.7 Å². The maximum Gasteiger partial charge on any atom is 0.339 e. The molecule has 134 valence electrons. The molecule has 26 heavy (non-hydrogen) atoms. The summed E-state index contributed by atoms with van der Waals surface area (Å²) in [6, 6.07) is 13.2. The molecule has 2 aliphatic rings. The minimum absolute atomic E-state index is 0.219. The SMILES string of the molecule is O=C1OC(C(=O)N2CCOC(c3ccc(F)cc3)C2)Cc2ccccc21. The molecule has 0 N–H and O–H groups in total. The van der Waals surface area contributed by atoms with Crippen LogP contribution in [-0.4, -0.2) is 42.6 Å². The fraction of sp³-hybridized carbons (Fsp3) is 0.300. The Morgan fingerprint density at radius 3 is 2.69 bits per heavy atom. The Morgan fingerprint density at radius 1 is 1.12 bits per heavy atom. The summed E-state index contributed by atoms with van der Waals surface area (Å²) in [4.78, 5) is 26.7. The van der Waals surface area contributed by atoms with Crippen LogP contribution in [0.1, 0.15) is 27.6 Å². The van der Waals surface area contributed by atoms with E-state index < -0.39 is 12.1 Å². The molecule has 5 nitrogen and oxygen atoms in total. The average Bonchev–Trinajstić information content (AvgIpc) is 2.68. The maximum absolute atomic E-state index is 13.1. The first-order chi connectivity index (χ1) is 12.6. The molecule has 2 aromatic carbocycles. The number of amides is 1. The molecule has 1 fully saturated rings. The van der Waals surface area contributed by atoms with Gasteiger partial charge in [-0.15, -0.1) is 0 Å². The van der Waals surface area contributed by atoms with Crippen LogP contribution in [0.5, 0.6) is 0 Å². The highest BCUT2D eigenvalue weighted by Crippen LogP contribution is 2.26. The van der Waals surface area contributed by atoms with Gasteiger partial charge in [0.2, 0.25) is 0 Å². The zero-order valence-electron chi connectivity index (χ0n) is 14.1. The van der Waals surface area contributed by atoms with Gasteiger partial charge in [0.05, 0.1) is 18.7 Å². The summed E-state index contributed by atoms with van der Waals surface area (Å²) >= 11 is 0. The first-order valence-electron chi connectivity index (χ1n) is 8.56. The van der Waals surface area contributed by atoms with Gasteiger partial charge in [-0.05, 0) is 29.3 Å². The standard InChI is InChI=1S/C20H18FNO4/c21-15-7-5-13(6-8-15)18-12-22(9-10-25-18)19(23)17-11-14-3-1-2-4-16(14)20(24)26-17/h1-8,17-18H,9-12H2. The number of nitrogens with zero attached hydrogens (tertiary/aromatic N) is 1. The molecule has 0 saturated carbocycles. The van der Waals surface area contributed by atoms with E-state index in [2.05, 4.69) is 0 Å². The molecule has 2 heterocycles. The molecular weight excluding hydrogens is 337 g/mol. The van der Waals surface area contributed by atoms with Gasteiger partial charge in [0.15, 0.2) is 6.10 Å². The Morgan fingerprint density at radius 2 is 1.88 bits per heavy atom. The van der Waals surface area contributed by atoms with E-state index in [-0.39, 0.29) is 17.8 Å². The minimum Gasteiger partial charge on any atom is -0.448 e. The van der Waals surface area contributed by atoms with Crippen molar-refractivity contribution in [3.63, 3.8) is 0 Å². The fourth-order valence-electron chi connectivity index (χ4n) is 3.40. The number of esters is 1. The highest BCUT2D eigenvalue weighted by Gasteiger charge is 2.36. The number of carbonyl (C=O) groups excluding carboxylic acids is 2. The largest absolute Gasteiger partial charge is 0.448 e. The molecule has 2 unspecified atom stereocenters. The van der Waals surface area contributed by atoms with Gasteiger partial charge in [-0.2, -0.15) is 0 Å². The van der Waals surface area contributed by atoms with Crippen LogP contribution < -0.4 is 0 Å². The Hall–Kier alpha value is -2.73. The Balaban J connectivity index is 1.48. The van der Waals surface area contributed by atoms with Gasteiger partial charge < -0.3 is 14.4 Å². The summed E-state index contributed by atoms with van der Waals surface area (Å²) in [7, 11) is 0. The molecular formula is C20H18FNO4. The third-order valence-electron chi connectivity index (χ3n) is 4.79. The highest BCUT2D eigenvalue weighted by atomic mass is 19.1. The summed E-state index contributed by atoms with van der Waals surface area (Å²) < 4.78 is 24.2. The van der Waals surface area contributed by atoms with Crippen molar-refractivity contribution in [2.45, 2.75) is 18.6 Å². The number of halogens is 1. The number of hydrogen-bond donors (Lipinski definition) is 0. The first-order valence-corrected chi connectivity index (χ1v) is 8.56. The van der Waals surface area contributed by atoms with E-state index in [1.54, 1.807) is 29.2 Å². The maximum atomic E-state index is 13.1. The highest BCUT2D eigenvalue weighted by molar-refractivity contribution is 5.95. The van der Waals surface area contributed by atoms with Crippen molar-refractivity contribution in [2.24, 2.45) is 0 Å². The number of hydrogen-bond acceptors (Lipinski definition) is 4. The Kier molecular flexibility index (Phi) is 4.42. The Labute approximate surface area is 150 Å². The number of cyclic esters (lactones) is 1. The number of fused-ring (bicyclic) bond motifs is 1. The zero-order chi connectivity index (χ0) is 18.1. The monoisotopic (exact) mass is 355 g/mol. The van der Waals surface area contributed by atoms with Gasteiger partial charge in [0, 0.05) is 13.0 Å². The molecule has 0 bridgehead atoms. The average molecular weight is 355 g/mol. The third-order valence-corrected chi connectivity index (χ3v) is 4.79. The molecule has 2 atom stereocenters. The molecule has 6 heteroatoms. The topological polar surface area (TPSA) is 55.8 Å². The number of morpholine rings is 1. The van der Waals surface area contributed by atoms with Crippen LogP contribution in [0, 0.1) is 5.82 Å². The smallest absolute Gasteiger partial charge is 0.339 e. The second kappa shape index (κ2) is 6.88. The summed E-state index contributed by atoms with van der Waals surface area (Å²) in [5, 5.41) is 0. The molecule has 4 rings (SSSR count). The summed E-state index contributed by atoms with van der Waals surface area (Å²) in [5.74, 6) is -0.998. The predicted octanol–water partition coefficient (Wildman–Crippen LogP) is 2.51. The third kappa shape index (κ3) is 3.20. The Bertz CT molecular complexity index is 836. The molecule has 2 aliphatic heterocycles. The van der Waals surface area contributed by atoms with E-state index in [9.17, 15) is 14.0 Å². The van der Waals surface area contributed by atoms with Crippen molar-refractivity contribution in [3.05, 3.63) is 71.0 Å². The van der Waals surface area contributed by atoms with Gasteiger partial charge in [0.1, 0.15) is 11.9 Å². The molecule has 2 aromatic rings. The lowest BCUT2D eigenvalue weighted by atomic mass is 9.97. The van der Waals surface area contributed by atoms with Crippen molar-refractivity contribution in [3.8, 4) is 0 Å². The molecule has 0 spiro atoms. The van der Waals surface area contributed by atoms with Crippen LogP contribution in [0.3, 0.4) is 0 Å². The van der Waals surface area contributed by atoms with Crippen LogP contribution in [-0.2, 0) is 20.7 Å². The van der Waals surface area contributed by atoms with Gasteiger partial charge in [0.25, 0.3) is 5.91 Å². The second-order valence-electron chi connectivity index (χ2n) is 6.45. The van der Waals surface area contributed by atoms with Crippen LogP contribution in [0.2, 0.25) is 0 Å². The number of carbonyl (C=O) groups is 2. The fourth-order valence-corrected chi connectivity index (χ4v) is 3.40. The van der Waals surface area contributed by atoms with Crippen molar-refractivity contribution >= 4 is 11.9 Å². The molecule has 1 saturated heterocycles. The van der Waals surface area contributed by atoms with E-state index in [4.69, 9.17) is 9.47 Å². The van der Waals surface area contributed by atoms with Crippen LogP contribution in [0.25, 0.3) is 0 Å². The summed E-state index contributed by atoms with van der Waals surface area (Å²) in [6.45, 7) is 1.16. The van der Waals surface area contributed by atoms with Crippen molar-refractivity contribution in [1.29, 1.82) is 0 Å². The van der Waals surface area contributed by atoms with E-state index >= 15 is 0 Å². The second-order valence-corrected chi connectivity index (χ2v) is 6.45. The van der Waals surface area contributed by atoms with E-state index in [0.29, 0.717) is 31.7 Å². The number of ether oxygens (including phenoxy) is 2. The van der Waals surface area contributed by atoms with E-state index in [1.807, 2.05) is 12.1 Å². The predicted molar refractivity (Wildman–Crippen MR) is 91.0 cm³/mol. The van der Waals surface area contributed by atoms with Crippen LogP contribution >= 0.6 is 0 Å². The summed E-state index contributed by atoms with van der Waals surface area (Å²) in [5.41, 5.74) is 2.16. The lowest BCUT2D eigenvalue weighted by molar-refractivity contribution is -0.148. The lowest BCUT2D eigenvalue weighted by Gasteiger charge is -2.36. The molecule has 0 aromatic heterocycles. The molecule has 0 aliphatic carbocycles.